The number of rotatable bonds is 2. The Labute approximate surface area is 176 Å². The number of nitrogens with zero attached hydrogens (tertiary/aromatic N) is 3. The molecule has 0 aliphatic rings. The Morgan fingerprint density at radius 3 is 2.23 bits per heavy atom. The molecule has 0 unspecified atom stereocenters. The molecule has 0 radical (unpaired) electrons. The van der Waals surface area contributed by atoms with Crippen LogP contribution in [0.4, 0.5) is 0 Å². The van der Waals surface area contributed by atoms with Crippen molar-refractivity contribution in [2.24, 2.45) is 0 Å². The van der Waals surface area contributed by atoms with Crippen LogP contribution in [-0.4, -0.2) is 15.0 Å². The summed E-state index contributed by atoms with van der Waals surface area (Å²) in [6, 6.07) is 27.0. The van der Waals surface area contributed by atoms with Crippen molar-refractivity contribution >= 4 is 21.7 Å². The van der Waals surface area contributed by atoms with Gasteiger partial charge in [0.1, 0.15) is 0 Å². The van der Waals surface area contributed by atoms with E-state index >= 15 is 0 Å². The van der Waals surface area contributed by atoms with Gasteiger partial charge in [0.25, 0.3) is 0 Å². The van der Waals surface area contributed by atoms with Crippen molar-refractivity contribution in [3.8, 4) is 22.6 Å². The van der Waals surface area contributed by atoms with Gasteiger partial charge < -0.3 is 0 Å². The maximum absolute atomic E-state index is 5.00. The van der Waals surface area contributed by atoms with E-state index in [4.69, 9.17) is 9.97 Å². The molecule has 5 aromatic rings. The smallest absolute Gasteiger partial charge is 0.160 e. The van der Waals surface area contributed by atoms with E-state index in [-0.39, 0.29) is 5.41 Å². The van der Waals surface area contributed by atoms with E-state index in [9.17, 15) is 0 Å². The van der Waals surface area contributed by atoms with Gasteiger partial charge in [-0.1, -0.05) is 81.4 Å². The molecule has 0 saturated carbocycles. The molecule has 2 heterocycles. The topological polar surface area (TPSA) is 38.7 Å². The lowest BCUT2D eigenvalue weighted by Gasteiger charge is -2.20. The molecular formula is C27H23N3. The molecule has 0 saturated heterocycles. The molecule has 3 nitrogen and oxygen atoms in total. The normalized spacial score (nSPS) is 11.8. The summed E-state index contributed by atoms with van der Waals surface area (Å²) in [6.07, 6.45) is 1.93. The van der Waals surface area contributed by atoms with Crippen LogP contribution < -0.4 is 0 Å². The van der Waals surface area contributed by atoms with E-state index in [2.05, 4.69) is 86.4 Å². The Morgan fingerprint density at radius 2 is 1.40 bits per heavy atom. The zero-order valence-corrected chi connectivity index (χ0v) is 17.4. The van der Waals surface area contributed by atoms with Gasteiger partial charge in [0.05, 0.1) is 16.9 Å². The Morgan fingerprint density at radius 1 is 0.667 bits per heavy atom. The van der Waals surface area contributed by atoms with Crippen molar-refractivity contribution in [2.75, 3.05) is 0 Å². The average molecular weight is 390 g/mol. The van der Waals surface area contributed by atoms with Crippen molar-refractivity contribution in [1.29, 1.82) is 0 Å². The van der Waals surface area contributed by atoms with Crippen molar-refractivity contribution in [1.82, 2.24) is 15.0 Å². The van der Waals surface area contributed by atoms with Crippen LogP contribution in [0.25, 0.3) is 44.3 Å². The average Bonchev–Trinajstić information content (AvgIpc) is 2.77. The molecule has 0 N–H and O–H groups in total. The highest BCUT2D eigenvalue weighted by Crippen LogP contribution is 2.31. The van der Waals surface area contributed by atoms with Crippen molar-refractivity contribution < 1.29 is 0 Å². The molecular weight excluding hydrogens is 366 g/mol. The van der Waals surface area contributed by atoms with Crippen molar-refractivity contribution in [2.45, 2.75) is 26.2 Å². The Bertz CT molecular complexity index is 1380. The zero-order valence-electron chi connectivity index (χ0n) is 17.4. The van der Waals surface area contributed by atoms with E-state index < -0.39 is 0 Å². The summed E-state index contributed by atoms with van der Waals surface area (Å²) < 4.78 is 0. The van der Waals surface area contributed by atoms with Crippen LogP contribution in [0.1, 0.15) is 26.5 Å². The van der Waals surface area contributed by atoms with Gasteiger partial charge in [0.2, 0.25) is 0 Å². The number of hydrogen-bond acceptors (Lipinski definition) is 3. The minimum atomic E-state index is -0.0746. The zero-order chi connectivity index (χ0) is 20.7. The molecule has 0 aliphatic heterocycles. The number of aromatic nitrogens is 3. The summed E-state index contributed by atoms with van der Waals surface area (Å²) >= 11 is 0. The number of benzene rings is 3. The van der Waals surface area contributed by atoms with E-state index in [1.54, 1.807) is 0 Å². The molecule has 3 heteroatoms. The van der Waals surface area contributed by atoms with Crippen LogP contribution >= 0.6 is 0 Å². The minimum absolute atomic E-state index is 0.0746. The van der Waals surface area contributed by atoms with Crippen LogP contribution in [0, 0.1) is 0 Å². The third kappa shape index (κ3) is 3.33. The highest BCUT2D eigenvalue weighted by Gasteiger charge is 2.21. The maximum atomic E-state index is 5.00. The van der Waals surface area contributed by atoms with Gasteiger partial charge in [0, 0.05) is 33.5 Å². The number of pyridine rings is 1. The molecule has 5 rings (SSSR count). The van der Waals surface area contributed by atoms with Crippen molar-refractivity contribution in [3.63, 3.8) is 0 Å². The molecule has 0 fully saturated rings. The predicted molar refractivity (Wildman–Crippen MR) is 124 cm³/mol. The lowest BCUT2D eigenvalue weighted by molar-refractivity contribution is 0.575. The second-order valence-electron chi connectivity index (χ2n) is 8.66. The number of fused-ring (bicyclic) bond motifs is 2. The predicted octanol–water partition coefficient (Wildman–Crippen LogP) is 6.81. The second-order valence-corrected chi connectivity index (χ2v) is 8.66. The molecule has 0 spiro atoms. The summed E-state index contributed by atoms with van der Waals surface area (Å²) in [5.74, 6) is 0.751. The number of para-hydroxylation sites is 1. The van der Waals surface area contributed by atoms with E-state index in [0.29, 0.717) is 0 Å². The van der Waals surface area contributed by atoms with E-state index in [1.807, 2.05) is 24.4 Å². The molecule has 3 aromatic carbocycles. The van der Waals surface area contributed by atoms with Gasteiger partial charge in [-0.15, -0.1) is 0 Å². The Hall–Kier alpha value is -3.59. The summed E-state index contributed by atoms with van der Waals surface area (Å²) in [5.41, 5.74) is 4.98. The standard InChI is InChI=1S/C27H23N3/c1-27(2,3)25-22-13-6-7-14-23(22)29-26(30-25)20-12-8-11-19(15-20)24-16-18-9-4-5-10-21(18)17-28-24/h4-17H,1-3H3. The number of hydrogen-bond donors (Lipinski definition) is 0. The van der Waals surface area contributed by atoms with Crippen LogP contribution in [0.3, 0.4) is 0 Å². The van der Waals surface area contributed by atoms with Gasteiger partial charge in [-0.05, 0) is 23.6 Å². The molecule has 0 bridgehead atoms. The largest absolute Gasteiger partial charge is 0.256 e. The van der Waals surface area contributed by atoms with Crippen molar-refractivity contribution in [3.05, 3.63) is 90.8 Å². The maximum Gasteiger partial charge on any atom is 0.160 e. The minimum Gasteiger partial charge on any atom is -0.256 e. The first-order valence-electron chi connectivity index (χ1n) is 10.2. The monoisotopic (exact) mass is 389 g/mol. The van der Waals surface area contributed by atoms with Crippen LogP contribution in [0.15, 0.2) is 85.1 Å². The molecule has 0 aliphatic carbocycles. The Kier molecular flexibility index (Phi) is 4.32. The summed E-state index contributed by atoms with van der Waals surface area (Å²) in [7, 11) is 0. The first kappa shape index (κ1) is 18.4. The first-order valence-corrected chi connectivity index (χ1v) is 10.2. The quantitative estimate of drug-likeness (QED) is 0.333. The molecule has 30 heavy (non-hydrogen) atoms. The van der Waals surface area contributed by atoms with Gasteiger partial charge in [0.15, 0.2) is 5.82 Å². The fourth-order valence-electron chi connectivity index (χ4n) is 3.84. The Balaban J connectivity index is 1.65. The molecule has 2 aromatic heterocycles. The third-order valence-corrected chi connectivity index (χ3v) is 5.36. The van der Waals surface area contributed by atoms with Gasteiger partial charge in [-0.25, -0.2) is 9.97 Å². The lowest BCUT2D eigenvalue weighted by atomic mass is 9.89. The second kappa shape index (κ2) is 7.03. The fourth-order valence-corrected chi connectivity index (χ4v) is 3.84. The highest BCUT2D eigenvalue weighted by molar-refractivity contribution is 5.86. The van der Waals surface area contributed by atoms with Gasteiger partial charge in [-0.2, -0.15) is 0 Å². The lowest BCUT2D eigenvalue weighted by Crippen LogP contribution is -2.15. The molecule has 0 amide bonds. The molecule has 0 atom stereocenters. The van der Waals surface area contributed by atoms with Crippen LogP contribution in [-0.2, 0) is 5.41 Å². The van der Waals surface area contributed by atoms with E-state index in [0.717, 1.165) is 44.6 Å². The molecule has 146 valence electrons. The summed E-state index contributed by atoms with van der Waals surface area (Å²) in [6.45, 7) is 6.59. The highest BCUT2D eigenvalue weighted by atomic mass is 14.9. The first-order chi connectivity index (χ1) is 14.5. The summed E-state index contributed by atoms with van der Waals surface area (Å²) in [4.78, 5) is 14.5. The van der Waals surface area contributed by atoms with Gasteiger partial charge >= 0.3 is 0 Å². The summed E-state index contributed by atoms with van der Waals surface area (Å²) in [5, 5.41) is 3.44. The van der Waals surface area contributed by atoms with Gasteiger partial charge in [-0.3, -0.25) is 4.98 Å². The van der Waals surface area contributed by atoms with E-state index in [1.165, 1.54) is 5.39 Å². The van der Waals surface area contributed by atoms with Crippen LogP contribution in [0.5, 0.6) is 0 Å². The SMILES string of the molecule is CC(C)(C)c1nc(-c2cccc(-c3cc4ccccc4cn3)c2)nc2ccccc12. The van der Waals surface area contributed by atoms with Crippen LogP contribution in [0.2, 0.25) is 0 Å². The fraction of sp³-hybridized carbons (Fsp3) is 0.148. The third-order valence-electron chi connectivity index (χ3n) is 5.36.